The molecule has 102 valence electrons. The normalized spacial score (nSPS) is 9.67. The van der Waals surface area contributed by atoms with Crippen molar-refractivity contribution in [1.29, 1.82) is 0 Å². The highest BCUT2D eigenvalue weighted by atomic mass is 35.5. The van der Waals surface area contributed by atoms with Crippen molar-refractivity contribution in [3.05, 3.63) is 33.9 Å². The molecule has 0 spiro atoms. The lowest BCUT2D eigenvalue weighted by molar-refractivity contribution is -0.384. The molecule has 0 saturated carbocycles. The van der Waals surface area contributed by atoms with Gasteiger partial charge < -0.3 is 10.1 Å². The summed E-state index contributed by atoms with van der Waals surface area (Å²) in [6.07, 6.45) is 0. The van der Waals surface area contributed by atoms with Crippen molar-refractivity contribution < 1.29 is 9.66 Å². The molecule has 0 aliphatic heterocycles. The van der Waals surface area contributed by atoms with Crippen molar-refractivity contribution in [2.75, 3.05) is 19.0 Å². The predicted octanol–water partition coefficient (Wildman–Crippen LogP) is 2.74. The van der Waals surface area contributed by atoms with Gasteiger partial charge in [-0.1, -0.05) is 0 Å². The maximum Gasteiger partial charge on any atom is 0.270 e. The van der Waals surface area contributed by atoms with E-state index >= 15 is 0 Å². The Bertz CT molecular complexity index is 389. The predicted molar refractivity (Wildman–Crippen MR) is 73.9 cm³/mol. The number of hydrogen-bond acceptors (Lipinski definition) is 4. The molecule has 0 amide bonds. The van der Waals surface area contributed by atoms with Crippen molar-refractivity contribution in [2.45, 2.75) is 13.5 Å². The van der Waals surface area contributed by atoms with Crippen LogP contribution in [0.5, 0.6) is 5.75 Å². The SMILES string of the molecule is CCOc1ccc([N+](=O)[O-])cc1CNCCCl.Cl. The number of ether oxygens (including phenoxy) is 1. The first-order valence-electron chi connectivity index (χ1n) is 5.35. The second kappa shape index (κ2) is 8.97. The van der Waals surface area contributed by atoms with E-state index in [0.717, 1.165) is 5.56 Å². The zero-order chi connectivity index (χ0) is 12.7. The molecule has 1 N–H and O–H groups in total. The molecule has 7 heteroatoms. The largest absolute Gasteiger partial charge is 0.494 e. The second-order valence-corrected chi connectivity index (χ2v) is 3.73. The van der Waals surface area contributed by atoms with Gasteiger partial charge in [-0.15, -0.1) is 24.0 Å². The average molecular weight is 295 g/mol. The van der Waals surface area contributed by atoms with E-state index in [4.69, 9.17) is 16.3 Å². The molecule has 0 aromatic heterocycles. The van der Waals surface area contributed by atoms with Crippen LogP contribution in [0.1, 0.15) is 12.5 Å². The van der Waals surface area contributed by atoms with Crippen LogP contribution in [0.3, 0.4) is 0 Å². The molecule has 0 saturated heterocycles. The minimum Gasteiger partial charge on any atom is -0.494 e. The van der Waals surface area contributed by atoms with Crippen molar-refractivity contribution in [1.82, 2.24) is 5.32 Å². The zero-order valence-electron chi connectivity index (χ0n) is 10.0. The summed E-state index contributed by atoms with van der Waals surface area (Å²) in [5, 5.41) is 13.8. The lowest BCUT2D eigenvalue weighted by Gasteiger charge is -2.10. The van der Waals surface area contributed by atoms with Gasteiger partial charge in [-0.3, -0.25) is 10.1 Å². The highest BCUT2D eigenvalue weighted by molar-refractivity contribution is 6.18. The Morgan fingerprint density at radius 2 is 2.22 bits per heavy atom. The number of nitrogens with one attached hydrogen (secondary N) is 1. The summed E-state index contributed by atoms with van der Waals surface area (Å²) < 4.78 is 5.41. The van der Waals surface area contributed by atoms with E-state index in [-0.39, 0.29) is 18.1 Å². The minimum absolute atomic E-state index is 0. The average Bonchev–Trinajstić information content (AvgIpc) is 2.31. The molecule has 0 unspecified atom stereocenters. The third-order valence-electron chi connectivity index (χ3n) is 2.14. The van der Waals surface area contributed by atoms with Crippen molar-refractivity contribution in [3.8, 4) is 5.75 Å². The second-order valence-electron chi connectivity index (χ2n) is 3.35. The van der Waals surface area contributed by atoms with Gasteiger partial charge in [0, 0.05) is 36.7 Å². The number of benzene rings is 1. The summed E-state index contributed by atoms with van der Waals surface area (Å²) in [5.41, 5.74) is 0.835. The first kappa shape index (κ1) is 17.0. The van der Waals surface area contributed by atoms with Gasteiger partial charge in [-0.25, -0.2) is 0 Å². The van der Waals surface area contributed by atoms with Crippen LogP contribution in [0.2, 0.25) is 0 Å². The van der Waals surface area contributed by atoms with Crippen molar-refractivity contribution in [3.63, 3.8) is 0 Å². The molecule has 18 heavy (non-hydrogen) atoms. The van der Waals surface area contributed by atoms with Crippen LogP contribution in [0.4, 0.5) is 5.69 Å². The van der Waals surface area contributed by atoms with E-state index in [0.29, 0.717) is 31.3 Å². The van der Waals surface area contributed by atoms with Gasteiger partial charge in [0.15, 0.2) is 0 Å². The molecule has 0 aliphatic carbocycles. The van der Waals surface area contributed by atoms with Crippen LogP contribution < -0.4 is 10.1 Å². The Morgan fingerprint density at radius 3 is 2.78 bits per heavy atom. The van der Waals surface area contributed by atoms with Gasteiger partial charge in [0.1, 0.15) is 5.75 Å². The van der Waals surface area contributed by atoms with Crippen LogP contribution >= 0.6 is 24.0 Å². The summed E-state index contributed by atoms with van der Waals surface area (Å²) in [6, 6.07) is 4.58. The number of nitrogens with zero attached hydrogens (tertiary/aromatic N) is 1. The van der Waals surface area contributed by atoms with Crippen molar-refractivity contribution >= 4 is 29.7 Å². The fourth-order valence-corrected chi connectivity index (χ4v) is 1.54. The minimum atomic E-state index is -0.416. The van der Waals surface area contributed by atoms with E-state index in [2.05, 4.69) is 5.32 Å². The fourth-order valence-electron chi connectivity index (χ4n) is 1.40. The molecule has 0 heterocycles. The molecule has 0 bridgehead atoms. The maximum absolute atomic E-state index is 10.7. The topological polar surface area (TPSA) is 64.4 Å². The number of rotatable bonds is 7. The van der Waals surface area contributed by atoms with Gasteiger partial charge in [0.2, 0.25) is 0 Å². The lowest BCUT2D eigenvalue weighted by atomic mass is 10.1. The number of hydrogen-bond donors (Lipinski definition) is 1. The molecule has 0 atom stereocenters. The third-order valence-corrected chi connectivity index (χ3v) is 2.33. The van der Waals surface area contributed by atoms with E-state index in [1.54, 1.807) is 6.07 Å². The first-order chi connectivity index (χ1) is 8.19. The monoisotopic (exact) mass is 294 g/mol. The van der Waals surface area contributed by atoms with Crippen LogP contribution in [0, 0.1) is 10.1 Å². The molecular weight excluding hydrogens is 279 g/mol. The van der Waals surface area contributed by atoms with Crippen LogP contribution in [0.15, 0.2) is 18.2 Å². The fraction of sp³-hybridized carbons (Fsp3) is 0.455. The molecule has 5 nitrogen and oxygen atoms in total. The summed E-state index contributed by atoms with van der Waals surface area (Å²) >= 11 is 5.55. The highest BCUT2D eigenvalue weighted by Crippen LogP contribution is 2.24. The Balaban J connectivity index is 0.00000289. The maximum atomic E-state index is 10.7. The smallest absolute Gasteiger partial charge is 0.270 e. The summed E-state index contributed by atoms with van der Waals surface area (Å²) in [5.74, 6) is 1.17. The Morgan fingerprint density at radius 1 is 1.50 bits per heavy atom. The molecule has 0 radical (unpaired) electrons. The van der Waals surface area contributed by atoms with E-state index in [1.165, 1.54) is 12.1 Å². The Hall–Kier alpha value is -1.04. The quantitative estimate of drug-likeness (QED) is 0.363. The van der Waals surface area contributed by atoms with Gasteiger partial charge in [-0.2, -0.15) is 0 Å². The van der Waals surface area contributed by atoms with Gasteiger partial charge in [-0.05, 0) is 13.0 Å². The third kappa shape index (κ3) is 5.08. The Labute approximate surface area is 117 Å². The molecule has 1 rings (SSSR count). The van der Waals surface area contributed by atoms with Crippen LogP contribution in [-0.4, -0.2) is 24.0 Å². The van der Waals surface area contributed by atoms with Crippen LogP contribution in [-0.2, 0) is 6.54 Å². The summed E-state index contributed by atoms with van der Waals surface area (Å²) in [7, 11) is 0. The summed E-state index contributed by atoms with van der Waals surface area (Å²) in [4.78, 5) is 10.3. The van der Waals surface area contributed by atoms with Gasteiger partial charge >= 0.3 is 0 Å². The zero-order valence-corrected chi connectivity index (χ0v) is 11.6. The van der Waals surface area contributed by atoms with Crippen LogP contribution in [0.25, 0.3) is 0 Å². The van der Waals surface area contributed by atoms with Gasteiger partial charge in [0.25, 0.3) is 5.69 Å². The highest BCUT2D eigenvalue weighted by Gasteiger charge is 2.11. The number of halogens is 2. The number of nitro benzene ring substituents is 1. The van der Waals surface area contributed by atoms with E-state index < -0.39 is 4.92 Å². The first-order valence-corrected chi connectivity index (χ1v) is 5.89. The van der Waals surface area contributed by atoms with E-state index in [9.17, 15) is 10.1 Å². The molecule has 0 fully saturated rings. The Kier molecular flexibility index (Phi) is 8.45. The number of non-ortho nitro benzene ring substituents is 1. The lowest BCUT2D eigenvalue weighted by Crippen LogP contribution is -2.16. The number of nitro groups is 1. The van der Waals surface area contributed by atoms with Crippen molar-refractivity contribution in [2.24, 2.45) is 0 Å². The molecule has 1 aromatic rings. The standard InChI is InChI=1S/C11H15ClN2O3.ClH/c1-2-17-11-4-3-10(14(15)16)7-9(11)8-13-6-5-12;/h3-4,7,13H,2,5-6,8H2,1H3;1H. The van der Waals surface area contributed by atoms with Gasteiger partial charge in [0.05, 0.1) is 11.5 Å². The molecule has 1 aromatic carbocycles. The number of alkyl halides is 1. The molecule has 0 aliphatic rings. The summed E-state index contributed by atoms with van der Waals surface area (Å²) in [6.45, 7) is 3.55. The van der Waals surface area contributed by atoms with E-state index in [1.807, 2.05) is 6.92 Å². The molecular formula is C11H16Cl2N2O3.